The summed E-state index contributed by atoms with van der Waals surface area (Å²) < 4.78 is 40.7. The number of alkyl halides is 3. The Hall–Kier alpha value is -1.27. The molecule has 0 radical (unpaired) electrons. The lowest BCUT2D eigenvalue weighted by Crippen LogP contribution is -2.42. The second-order valence-electron chi connectivity index (χ2n) is 4.38. The molecule has 2 unspecified atom stereocenters. The summed E-state index contributed by atoms with van der Waals surface area (Å²) in [6.45, 7) is -0.141. The van der Waals surface area contributed by atoms with E-state index in [0.29, 0.717) is 12.8 Å². The van der Waals surface area contributed by atoms with Crippen LogP contribution < -0.4 is 5.32 Å². The molecule has 1 aliphatic rings. The van der Waals surface area contributed by atoms with Crippen LogP contribution in [0.5, 0.6) is 0 Å². The minimum atomic E-state index is -4.88. The molecule has 18 heavy (non-hydrogen) atoms. The highest BCUT2D eigenvalue weighted by Crippen LogP contribution is 2.30. The number of methoxy groups -OCH3 is 1. The van der Waals surface area contributed by atoms with Crippen molar-refractivity contribution in [1.29, 1.82) is 0 Å². The first kappa shape index (κ1) is 14.8. The predicted octanol–water partition coefficient (Wildman–Crippen LogP) is 1.64. The van der Waals surface area contributed by atoms with Crippen molar-refractivity contribution in [2.45, 2.75) is 31.9 Å². The van der Waals surface area contributed by atoms with Crippen LogP contribution >= 0.6 is 0 Å². The van der Waals surface area contributed by atoms with E-state index in [1.807, 2.05) is 5.32 Å². The lowest BCUT2D eigenvalue weighted by Gasteiger charge is -2.29. The fourth-order valence-corrected chi connectivity index (χ4v) is 2.24. The molecule has 0 bridgehead atoms. The van der Waals surface area contributed by atoms with Crippen molar-refractivity contribution >= 4 is 11.9 Å². The van der Waals surface area contributed by atoms with Crippen molar-refractivity contribution in [1.82, 2.24) is 5.32 Å². The van der Waals surface area contributed by atoms with Crippen LogP contribution in [0.25, 0.3) is 0 Å². The molecule has 1 amide bonds. The molecule has 1 saturated carbocycles. The summed E-state index contributed by atoms with van der Waals surface area (Å²) in [7, 11) is 1.25. The molecule has 0 saturated heterocycles. The Bertz CT molecular complexity index is 317. The number of carbonyl (C=O) groups is 2. The van der Waals surface area contributed by atoms with Gasteiger partial charge in [-0.05, 0) is 18.8 Å². The molecule has 0 aromatic heterocycles. The van der Waals surface area contributed by atoms with E-state index in [9.17, 15) is 22.8 Å². The van der Waals surface area contributed by atoms with Crippen LogP contribution in [0.4, 0.5) is 13.2 Å². The van der Waals surface area contributed by atoms with Gasteiger partial charge in [-0.15, -0.1) is 0 Å². The number of nitrogens with one attached hydrogen (secondary N) is 1. The molecular formula is C11H16F3NO3. The molecule has 2 atom stereocenters. The molecule has 4 nitrogen and oxygen atoms in total. The van der Waals surface area contributed by atoms with Crippen LogP contribution in [-0.2, 0) is 14.3 Å². The maximum absolute atomic E-state index is 12.0. The minimum Gasteiger partial charge on any atom is -0.469 e. The Labute approximate surface area is 103 Å². The van der Waals surface area contributed by atoms with Crippen LogP contribution in [0.1, 0.15) is 25.7 Å². The van der Waals surface area contributed by atoms with Crippen LogP contribution in [0, 0.1) is 11.8 Å². The van der Waals surface area contributed by atoms with Crippen LogP contribution in [-0.4, -0.2) is 31.7 Å². The first-order valence-corrected chi connectivity index (χ1v) is 5.79. The monoisotopic (exact) mass is 267 g/mol. The van der Waals surface area contributed by atoms with Crippen molar-refractivity contribution in [2.24, 2.45) is 11.8 Å². The lowest BCUT2D eigenvalue weighted by atomic mass is 9.79. The van der Waals surface area contributed by atoms with Gasteiger partial charge in [-0.2, -0.15) is 13.2 Å². The van der Waals surface area contributed by atoms with Gasteiger partial charge in [-0.25, -0.2) is 0 Å². The SMILES string of the molecule is COC(=O)C1CCCCC1CNC(=O)C(F)(F)F. The number of esters is 1. The highest BCUT2D eigenvalue weighted by atomic mass is 19.4. The number of hydrogen-bond donors (Lipinski definition) is 1. The molecular weight excluding hydrogens is 251 g/mol. The largest absolute Gasteiger partial charge is 0.471 e. The number of rotatable bonds is 3. The lowest BCUT2D eigenvalue weighted by molar-refractivity contribution is -0.174. The average molecular weight is 267 g/mol. The number of halogens is 3. The maximum Gasteiger partial charge on any atom is 0.471 e. The van der Waals surface area contributed by atoms with Gasteiger partial charge in [0.1, 0.15) is 0 Å². The van der Waals surface area contributed by atoms with E-state index in [1.165, 1.54) is 7.11 Å². The van der Waals surface area contributed by atoms with Gasteiger partial charge >= 0.3 is 18.1 Å². The van der Waals surface area contributed by atoms with E-state index in [2.05, 4.69) is 4.74 Å². The Balaban J connectivity index is 2.53. The quantitative estimate of drug-likeness (QED) is 0.791. The van der Waals surface area contributed by atoms with Crippen molar-refractivity contribution in [3.63, 3.8) is 0 Å². The molecule has 0 spiro atoms. The van der Waals surface area contributed by atoms with Crippen molar-refractivity contribution in [3.05, 3.63) is 0 Å². The summed E-state index contributed by atoms with van der Waals surface area (Å²) in [5.41, 5.74) is 0. The molecule has 0 heterocycles. The number of ether oxygens (including phenoxy) is 1. The number of amides is 1. The van der Waals surface area contributed by atoms with E-state index in [0.717, 1.165) is 12.8 Å². The minimum absolute atomic E-state index is 0.141. The summed E-state index contributed by atoms with van der Waals surface area (Å²) in [4.78, 5) is 22.2. The molecule has 1 rings (SSSR count). The number of hydrogen-bond acceptors (Lipinski definition) is 3. The van der Waals surface area contributed by atoms with Crippen molar-refractivity contribution in [2.75, 3.05) is 13.7 Å². The third kappa shape index (κ3) is 3.89. The van der Waals surface area contributed by atoms with E-state index >= 15 is 0 Å². The Morgan fingerprint density at radius 2 is 1.89 bits per heavy atom. The highest BCUT2D eigenvalue weighted by Gasteiger charge is 2.40. The molecule has 7 heteroatoms. The van der Waals surface area contributed by atoms with E-state index in [1.54, 1.807) is 0 Å². The van der Waals surface area contributed by atoms with Gasteiger partial charge in [0.25, 0.3) is 0 Å². The molecule has 0 aliphatic heterocycles. The predicted molar refractivity (Wildman–Crippen MR) is 56.5 cm³/mol. The zero-order valence-corrected chi connectivity index (χ0v) is 10.0. The van der Waals surface area contributed by atoms with Gasteiger partial charge in [0.2, 0.25) is 0 Å². The molecule has 0 aromatic rings. The average Bonchev–Trinajstić information content (AvgIpc) is 2.34. The van der Waals surface area contributed by atoms with Crippen LogP contribution in [0.3, 0.4) is 0 Å². The van der Waals surface area contributed by atoms with Gasteiger partial charge < -0.3 is 10.1 Å². The topological polar surface area (TPSA) is 55.4 Å². The Kier molecular flexibility index (Phi) is 4.98. The molecule has 0 aromatic carbocycles. The fraction of sp³-hybridized carbons (Fsp3) is 0.818. The third-order valence-electron chi connectivity index (χ3n) is 3.20. The maximum atomic E-state index is 12.0. The normalized spacial score (nSPS) is 24.4. The second-order valence-corrected chi connectivity index (χ2v) is 4.38. The molecule has 1 N–H and O–H groups in total. The summed E-state index contributed by atoms with van der Waals surface area (Å²) in [5, 5.41) is 1.83. The molecule has 1 aliphatic carbocycles. The summed E-state index contributed by atoms with van der Waals surface area (Å²) in [6.07, 6.45) is -1.96. The van der Waals surface area contributed by atoms with Crippen LogP contribution in [0.15, 0.2) is 0 Å². The summed E-state index contributed by atoms with van der Waals surface area (Å²) in [5.74, 6) is -3.08. The van der Waals surface area contributed by atoms with E-state index in [-0.39, 0.29) is 12.5 Å². The van der Waals surface area contributed by atoms with E-state index in [4.69, 9.17) is 0 Å². The highest BCUT2D eigenvalue weighted by molar-refractivity contribution is 5.81. The first-order chi connectivity index (χ1) is 8.36. The Morgan fingerprint density at radius 1 is 1.28 bits per heavy atom. The Morgan fingerprint density at radius 3 is 2.44 bits per heavy atom. The second kappa shape index (κ2) is 6.06. The van der Waals surface area contributed by atoms with Gasteiger partial charge in [0.15, 0.2) is 0 Å². The van der Waals surface area contributed by atoms with Gasteiger partial charge in [-0.3, -0.25) is 9.59 Å². The zero-order valence-electron chi connectivity index (χ0n) is 10.0. The van der Waals surface area contributed by atoms with Gasteiger partial charge in [0.05, 0.1) is 13.0 Å². The zero-order chi connectivity index (χ0) is 13.8. The number of carbonyl (C=O) groups excluding carboxylic acids is 2. The van der Waals surface area contributed by atoms with Crippen molar-refractivity contribution < 1.29 is 27.5 Å². The third-order valence-corrected chi connectivity index (χ3v) is 3.20. The van der Waals surface area contributed by atoms with Gasteiger partial charge in [0, 0.05) is 6.54 Å². The van der Waals surface area contributed by atoms with E-state index < -0.39 is 24.0 Å². The first-order valence-electron chi connectivity index (χ1n) is 5.79. The standard InChI is InChI=1S/C11H16F3NO3/c1-18-9(16)8-5-3-2-4-7(8)6-15-10(17)11(12,13)14/h7-8H,2-6H2,1H3,(H,15,17). The summed E-state index contributed by atoms with van der Waals surface area (Å²) >= 11 is 0. The fourth-order valence-electron chi connectivity index (χ4n) is 2.24. The summed E-state index contributed by atoms with van der Waals surface area (Å²) in [6, 6.07) is 0. The van der Waals surface area contributed by atoms with Crippen molar-refractivity contribution in [3.8, 4) is 0 Å². The van der Waals surface area contributed by atoms with Crippen LogP contribution in [0.2, 0.25) is 0 Å². The molecule has 104 valence electrons. The smallest absolute Gasteiger partial charge is 0.469 e. The van der Waals surface area contributed by atoms with Gasteiger partial charge in [-0.1, -0.05) is 12.8 Å². The molecule has 1 fully saturated rings.